The van der Waals surface area contributed by atoms with E-state index in [9.17, 15) is 0 Å². The fraction of sp³-hybridized carbons (Fsp3) is 1.00. The van der Waals surface area contributed by atoms with Gasteiger partial charge in [0.1, 0.15) is 0 Å². The minimum Gasteiger partial charge on any atom is -0.773 e. The van der Waals surface area contributed by atoms with Crippen LogP contribution in [-0.4, -0.2) is 32.8 Å². The van der Waals surface area contributed by atoms with E-state index < -0.39 is 11.1 Å². The van der Waals surface area contributed by atoms with Gasteiger partial charge in [-0.2, -0.15) is 0 Å². The Morgan fingerprint density at radius 3 is 2.00 bits per heavy atom. The van der Waals surface area contributed by atoms with Gasteiger partial charge in [-0.1, -0.05) is 11.1 Å². The van der Waals surface area contributed by atoms with Crippen molar-refractivity contribution in [3.05, 3.63) is 0 Å². The van der Waals surface area contributed by atoms with E-state index in [0.29, 0.717) is 6.54 Å². The van der Waals surface area contributed by atoms with Crippen molar-refractivity contribution in [2.75, 3.05) is 12.8 Å². The number of hydrogen-bond donors (Lipinski definition) is 2. The third-order valence-corrected chi connectivity index (χ3v) is 0.341. The van der Waals surface area contributed by atoms with E-state index >= 15 is 0 Å². The topological polar surface area (TPSA) is 86.4 Å². The second kappa shape index (κ2) is 8.03. The summed E-state index contributed by atoms with van der Waals surface area (Å²) in [5, 5.41) is 8.24. The van der Waals surface area contributed by atoms with Crippen molar-refractivity contribution in [1.29, 1.82) is 0 Å². The molecule has 0 heterocycles. The zero-order chi connectivity index (χ0) is 7.86. The molecule has 0 fully saturated rings. The molecule has 2 unspecified atom stereocenters. The van der Waals surface area contributed by atoms with Gasteiger partial charge in [0.25, 0.3) is 0 Å². The van der Waals surface area contributed by atoms with Crippen molar-refractivity contribution in [2.24, 2.45) is 5.73 Å². The van der Waals surface area contributed by atoms with Crippen LogP contribution in [-0.2, 0) is 11.1 Å². The molecule has 0 amide bonds. The minimum absolute atomic E-state index is 0.338. The van der Waals surface area contributed by atoms with Crippen molar-refractivity contribution in [3.8, 4) is 0 Å². The predicted molar refractivity (Wildman–Crippen MR) is 35.6 cm³/mol. The highest BCUT2D eigenvalue weighted by Gasteiger charge is 1.81. The van der Waals surface area contributed by atoms with Gasteiger partial charge in [-0.15, -0.1) is 0 Å². The normalized spacial score (nSPS) is 15.2. The van der Waals surface area contributed by atoms with Crippen LogP contribution in [0.25, 0.3) is 0 Å². The molecule has 5 heteroatoms. The van der Waals surface area contributed by atoms with Crippen LogP contribution >= 0.6 is 0 Å². The van der Waals surface area contributed by atoms with Gasteiger partial charge in [-0.25, -0.2) is 0 Å². The van der Waals surface area contributed by atoms with Crippen molar-refractivity contribution in [2.45, 2.75) is 13.0 Å². The largest absolute Gasteiger partial charge is 0.773 e. The van der Waals surface area contributed by atoms with Gasteiger partial charge in [-0.3, -0.25) is 4.21 Å². The molecule has 0 saturated heterocycles. The molecule has 0 aliphatic carbocycles. The fourth-order valence-electron chi connectivity index (χ4n) is 0. The number of aliphatic hydroxyl groups is 1. The zero-order valence-electron chi connectivity index (χ0n) is 5.53. The SMILES string of the molecule is CC(O)CN.CS(=O)[O-]. The molecule has 0 rings (SSSR count). The third-order valence-electron chi connectivity index (χ3n) is 0.341. The molecule has 0 aromatic heterocycles. The number of rotatable bonds is 1. The Morgan fingerprint density at radius 2 is 2.00 bits per heavy atom. The lowest BCUT2D eigenvalue weighted by Crippen LogP contribution is -2.14. The Hall–Kier alpha value is 0.0300. The Balaban J connectivity index is 0. The summed E-state index contributed by atoms with van der Waals surface area (Å²) in [6.07, 6.45) is 0.745. The number of aliphatic hydroxyl groups excluding tert-OH is 1. The highest BCUT2D eigenvalue weighted by Crippen LogP contribution is 1.65. The molecule has 9 heavy (non-hydrogen) atoms. The van der Waals surface area contributed by atoms with Crippen LogP contribution in [0.1, 0.15) is 6.92 Å². The second-order valence-corrected chi connectivity index (χ2v) is 2.29. The summed E-state index contributed by atoms with van der Waals surface area (Å²) < 4.78 is 18.0. The third kappa shape index (κ3) is 70.9. The van der Waals surface area contributed by atoms with E-state index in [1.165, 1.54) is 0 Å². The fourth-order valence-corrected chi connectivity index (χ4v) is 0. The molecule has 58 valence electrons. The summed E-state index contributed by atoms with van der Waals surface area (Å²) in [6.45, 7) is 2.01. The van der Waals surface area contributed by atoms with Crippen molar-refractivity contribution < 1.29 is 13.9 Å². The number of hydrogen-bond acceptors (Lipinski definition) is 4. The van der Waals surface area contributed by atoms with Crippen molar-refractivity contribution in [1.82, 2.24) is 0 Å². The maximum absolute atomic E-state index is 9.00. The average molecular weight is 154 g/mol. The van der Waals surface area contributed by atoms with E-state index in [0.717, 1.165) is 6.26 Å². The Morgan fingerprint density at radius 1 is 1.89 bits per heavy atom. The average Bonchev–Trinajstić information content (AvgIpc) is 1.65. The Kier molecular flexibility index (Phi) is 10.5. The summed E-state index contributed by atoms with van der Waals surface area (Å²) in [6, 6.07) is 0. The summed E-state index contributed by atoms with van der Waals surface area (Å²) in [7, 11) is 0. The highest BCUT2D eigenvalue weighted by atomic mass is 32.2. The van der Waals surface area contributed by atoms with Crippen LogP contribution in [0, 0.1) is 0 Å². The Labute approximate surface area is 57.4 Å². The molecule has 4 nitrogen and oxygen atoms in total. The van der Waals surface area contributed by atoms with E-state index in [-0.39, 0.29) is 6.10 Å². The molecular weight excluding hydrogens is 142 g/mol. The van der Waals surface area contributed by atoms with Crippen LogP contribution in [0.3, 0.4) is 0 Å². The summed E-state index contributed by atoms with van der Waals surface area (Å²) in [5.74, 6) is 0. The smallest absolute Gasteiger partial charge is 0.0634 e. The van der Waals surface area contributed by atoms with Crippen molar-refractivity contribution >= 4 is 11.1 Å². The summed E-state index contributed by atoms with van der Waals surface area (Å²) in [4.78, 5) is 0. The van der Waals surface area contributed by atoms with Gasteiger partial charge in [-0.05, 0) is 13.2 Å². The van der Waals surface area contributed by atoms with E-state index in [1.807, 2.05) is 0 Å². The van der Waals surface area contributed by atoms with Gasteiger partial charge >= 0.3 is 0 Å². The maximum atomic E-state index is 9.00. The molecule has 0 aromatic rings. The lowest BCUT2D eigenvalue weighted by atomic mass is 10.4. The molecule has 0 saturated carbocycles. The molecule has 2 atom stereocenters. The summed E-state index contributed by atoms with van der Waals surface area (Å²) in [5.41, 5.74) is 4.92. The van der Waals surface area contributed by atoms with Gasteiger partial charge in [0, 0.05) is 6.54 Å². The maximum Gasteiger partial charge on any atom is 0.0634 e. The standard InChI is InChI=1S/C3H9NO.CH4O2S/c1-3(5)2-4;1-4(2)3/h3,5H,2,4H2,1H3;1H3,(H,2,3)/p-1. The molecule has 0 bridgehead atoms. The first-order chi connectivity index (χ1) is 4.00. The van der Waals surface area contributed by atoms with Gasteiger partial charge < -0.3 is 15.4 Å². The van der Waals surface area contributed by atoms with Crippen LogP contribution in [0.5, 0.6) is 0 Å². The van der Waals surface area contributed by atoms with E-state index in [2.05, 4.69) is 0 Å². The Bertz CT molecular complexity index is 72.2. The molecule has 0 aromatic carbocycles. The van der Waals surface area contributed by atoms with Gasteiger partial charge in [0.15, 0.2) is 0 Å². The van der Waals surface area contributed by atoms with E-state index in [4.69, 9.17) is 19.6 Å². The van der Waals surface area contributed by atoms with Crippen LogP contribution in [0.4, 0.5) is 0 Å². The lowest BCUT2D eigenvalue weighted by Gasteiger charge is -1.91. The van der Waals surface area contributed by atoms with Gasteiger partial charge in [0.05, 0.1) is 6.10 Å². The van der Waals surface area contributed by atoms with Gasteiger partial charge in [0.2, 0.25) is 0 Å². The predicted octanol–water partition coefficient (Wildman–Crippen LogP) is -1.18. The van der Waals surface area contributed by atoms with Crippen LogP contribution < -0.4 is 5.73 Å². The lowest BCUT2D eigenvalue weighted by molar-refractivity contribution is 0.203. The first-order valence-corrected chi connectivity index (χ1v) is 3.88. The summed E-state index contributed by atoms with van der Waals surface area (Å²) >= 11 is -1.86. The molecule has 3 N–H and O–H groups in total. The minimum atomic E-state index is -1.86. The number of nitrogens with two attached hydrogens (primary N) is 1. The molecule has 0 aliphatic rings. The first kappa shape index (κ1) is 11.8. The second-order valence-electron chi connectivity index (χ2n) is 1.49. The molecule has 0 radical (unpaired) electrons. The monoisotopic (exact) mass is 154 g/mol. The van der Waals surface area contributed by atoms with Crippen LogP contribution in [0.2, 0.25) is 0 Å². The van der Waals surface area contributed by atoms with Crippen molar-refractivity contribution in [3.63, 3.8) is 0 Å². The van der Waals surface area contributed by atoms with Crippen LogP contribution in [0.15, 0.2) is 0 Å². The molecular formula is C4H12NO3S-. The highest BCUT2D eigenvalue weighted by molar-refractivity contribution is 7.78. The zero-order valence-corrected chi connectivity index (χ0v) is 6.35. The first-order valence-electron chi connectivity index (χ1n) is 2.39. The van der Waals surface area contributed by atoms with E-state index in [1.54, 1.807) is 6.92 Å². The molecule has 0 aliphatic heterocycles. The molecule has 0 spiro atoms. The quantitative estimate of drug-likeness (QED) is 0.465.